The first-order valence-electron chi connectivity index (χ1n) is 11.7. The van der Waals surface area contributed by atoms with Crippen molar-refractivity contribution in [2.24, 2.45) is 0 Å². The summed E-state index contributed by atoms with van der Waals surface area (Å²) in [4.78, 5) is 10.4. The Morgan fingerprint density at radius 2 is 1.07 bits per heavy atom. The van der Waals surface area contributed by atoms with Crippen LogP contribution in [0.5, 0.6) is 0 Å². The maximum Gasteiger partial charge on any atom is 0.335 e. The van der Waals surface area contributed by atoms with Crippen LogP contribution in [0.3, 0.4) is 0 Å². The van der Waals surface area contributed by atoms with Crippen molar-refractivity contribution < 1.29 is 14.4 Å². The molecule has 3 nitrogen and oxygen atoms in total. The van der Waals surface area contributed by atoms with Crippen molar-refractivity contribution in [1.82, 2.24) is 0 Å². The highest BCUT2D eigenvalue weighted by Crippen LogP contribution is 2.16. The molecule has 28 heavy (non-hydrogen) atoms. The van der Waals surface area contributed by atoms with Crippen LogP contribution in [0.2, 0.25) is 0 Å². The summed E-state index contributed by atoms with van der Waals surface area (Å²) in [6.07, 6.45) is 12.0. The molecule has 1 rings (SSSR count). The second-order valence-electron chi connectivity index (χ2n) is 8.01. The van der Waals surface area contributed by atoms with Gasteiger partial charge in [-0.05, 0) is 49.8 Å². The molecule has 162 valence electrons. The van der Waals surface area contributed by atoms with Gasteiger partial charge in [0, 0.05) is 0 Å². The lowest BCUT2D eigenvalue weighted by Crippen LogP contribution is -2.50. The standard InChI is InChI=1S/C16H36N.C9H10O2/c1-5-9-13-17(14-10-6-2,15-11-7-3)16-12-8-4;1-2-7-3-5-8(6-4-7)9(10)11/h5-16H2,1-4H3;3-6H,2H2,1H3,(H,10,11)/q+1;. The molecule has 0 bridgehead atoms. The molecule has 0 unspecified atom stereocenters. The van der Waals surface area contributed by atoms with Crippen LogP contribution < -0.4 is 0 Å². The smallest absolute Gasteiger partial charge is 0.335 e. The normalized spacial score (nSPS) is 11.0. The zero-order chi connectivity index (χ0) is 21.3. The number of benzene rings is 1. The molecule has 3 heteroatoms. The Morgan fingerprint density at radius 1 is 0.714 bits per heavy atom. The Kier molecular flexibility index (Phi) is 15.8. The van der Waals surface area contributed by atoms with E-state index >= 15 is 0 Å². The van der Waals surface area contributed by atoms with Crippen LogP contribution >= 0.6 is 0 Å². The van der Waals surface area contributed by atoms with Gasteiger partial charge in [-0.2, -0.15) is 0 Å². The first kappa shape index (κ1) is 26.6. The monoisotopic (exact) mass is 392 g/mol. The first-order chi connectivity index (χ1) is 13.5. The predicted octanol–water partition coefficient (Wildman–Crippen LogP) is 6.95. The highest BCUT2D eigenvalue weighted by molar-refractivity contribution is 5.87. The molecule has 1 aromatic carbocycles. The molecule has 0 aliphatic heterocycles. The Labute approximate surface area is 174 Å². The van der Waals surface area contributed by atoms with E-state index in [0.717, 1.165) is 12.0 Å². The van der Waals surface area contributed by atoms with Crippen molar-refractivity contribution in [3.63, 3.8) is 0 Å². The molecule has 0 aromatic heterocycles. The number of nitrogens with zero attached hydrogens (tertiary/aromatic N) is 1. The van der Waals surface area contributed by atoms with Crippen LogP contribution in [0.1, 0.15) is 102 Å². The van der Waals surface area contributed by atoms with E-state index < -0.39 is 5.97 Å². The van der Waals surface area contributed by atoms with E-state index in [-0.39, 0.29) is 0 Å². The van der Waals surface area contributed by atoms with Crippen LogP contribution in [0.25, 0.3) is 0 Å². The molecule has 0 radical (unpaired) electrons. The first-order valence-corrected chi connectivity index (χ1v) is 11.7. The van der Waals surface area contributed by atoms with Crippen LogP contribution in [0.15, 0.2) is 24.3 Å². The van der Waals surface area contributed by atoms with E-state index in [1.54, 1.807) is 12.1 Å². The van der Waals surface area contributed by atoms with Gasteiger partial charge in [0.25, 0.3) is 0 Å². The number of carboxylic acid groups (broad SMARTS) is 1. The number of aryl methyl sites for hydroxylation is 1. The summed E-state index contributed by atoms with van der Waals surface area (Å²) in [5, 5.41) is 8.55. The van der Waals surface area contributed by atoms with Gasteiger partial charge >= 0.3 is 5.97 Å². The van der Waals surface area contributed by atoms with Crippen LogP contribution in [0, 0.1) is 0 Å². The van der Waals surface area contributed by atoms with Gasteiger partial charge in [0.05, 0.1) is 31.7 Å². The fourth-order valence-corrected chi connectivity index (χ4v) is 3.53. The summed E-state index contributed by atoms with van der Waals surface area (Å²) >= 11 is 0. The summed E-state index contributed by atoms with van der Waals surface area (Å²) < 4.78 is 1.42. The van der Waals surface area contributed by atoms with E-state index in [2.05, 4.69) is 27.7 Å². The number of carbonyl (C=O) groups is 1. The molecular formula is C25H46NO2+. The second-order valence-corrected chi connectivity index (χ2v) is 8.01. The Morgan fingerprint density at radius 3 is 1.32 bits per heavy atom. The molecule has 0 aliphatic rings. The summed E-state index contributed by atoms with van der Waals surface area (Å²) in [5.41, 5.74) is 1.51. The molecule has 0 saturated carbocycles. The zero-order valence-electron chi connectivity index (χ0n) is 19.3. The van der Waals surface area contributed by atoms with Gasteiger partial charge in [0.2, 0.25) is 0 Å². The summed E-state index contributed by atoms with van der Waals surface area (Å²) in [6.45, 7) is 17.1. The number of hydrogen-bond donors (Lipinski definition) is 1. The van der Waals surface area contributed by atoms with Gasteiger partial charge in [-0.1, -0.05) is 72.4 Å². The van der Waals surface area contributed by atoms with Gasteiger partial charge < -0.3 is 9.59 Å². The van der Waals surface area contributed by atoms with E-state index in [1.165, 1.54) is 82.0 Å². The van der Waals surface area contributed by atoms with Gasteiger partial charge in [-0.3, -0.25) is 0 Å². The molecule has 0 saturated heterocycles. The zero-order valence-corrected chi connectivity index (χ0v) is 19.3. The predicted molar refractivity (Wildman–Crippen MR) is 122 cm³/mol. The summed E-state index contributed by atoms with van der Waals surface area (Å²) in [7, 11) is 0. The van der Waals surface area contributed by atoms with Crippen LogP contribution in [-0.2, 0) is 6.42 Å². The fourth-order valence-electron chi connectivity index (χ4n) is 3.53. The SMILES string of the molecule is CCCC[N+](CCCC)(CCCC)CCCC.CCc1ccc(C(=O)O)cc1. The largest absolute Gasteiger partial charge is 0.478 e. The van der Waals surface area contributed by atoms with E-state index in [0.29, 0.717) is 5.56 Å². The number of aromatic carboxylic acids is 1. The lowest BCUT2D eigenvalue weighted by atomic mass is 10.1. The van der Waals surface area contributed by atoms with Gasteiger partial charge in [0.15, 0.2) is 0 Å². The molecule has 1 N–H and O–H groups in total. The number of unbranched alkanes of at least 4 members (excludes halogenated alkanes) is 4. The topological polar surface area (TPSA) is 37.3 Å². The van der Waals surface area contributed by atoms with Crippen molar-refractivity contribution in [3.05, 3.63) is 35.4 Å². The average Bonchev–Trinajstić information content (AvgIpc) is 2.73. The summed E-state index contributed by atoms with van der Waals surface area (Å²) in [5.74, 6) is -0.868. The molecule has 0 atom stereocenters. The van der Waals surface area contributed by atoms with Crippen molar-refractivity contribution in [1.29, 1.82) is 0 Å². The average molecular weight is 393 g/mol. The molecule has 0 heterocycles. The Bertz CT molecular complexity index is 458. The minimum absolute atomic E-state index is 0.349. The number of rotatable bonds is 14. The lowest BCUT2D eigenvalue weighted by molar-refractivity contribution is -0.929. The highest BCUT2D eigenvalue weighted by Gasteiger charge is 2.24. The molecule has 0 amide bonds. The van der Waals surface area contributed by atoms with Crippen LogP contribution in [0.4, 0.5) is 0 Å². The number of hydrogen-bond acceptors (Lipinski definition) is 1. The minimum Gasteiger partial charge on any atom is -0.478 e. The third-order valence-electron chi connectivity index (χ3n) is 5.55. The van der Waals surface area contributed by atoms with E-state index in [1.807, 2.05) is 19.1 Å². The molecule has 1 aromatic rings. The quantitative estimate of drug-likeness (QED) is 0.348. The van der Waals surface area contributed by atoms with Crippen molar-refractivity contribution >= 4 is 5.97 Å². The van der Waals surface area contributed by atoms with E-state index in [4.69, 9.17) is 5.11 Å². The Hall–Kier alpha value is -1.35. The van der Waals surface area contributed by atoms with Crippen molar-refractivity contribution in [2.75, 3.05) is 26.2 Å². The molecule has 0 fully saturated rings. The summed E-state index contributed by atoms with van der Waals surface area (Å²) in [6, 6.07) is 6.93. The van der Waals surface area contributed by atoms with Crippen molar-refractivity contribution in [3.8, 4) is 0 Å². The maximum absolute atomic E-state index is 10.4. The number of quaternary nitrogens is 1. The third kappa shape index (κ3) is 11.5. The molecular weight excluding hydrogens is 346 g/mol. The molecule has 0 spiro atoms. The van der Waals surface area contributed by atoms with E-state index in [9.17, 15) is 4.79 Å². The second kappa shape index (κ2) is 16.6. The fraction of sp³-hybridized carbons (Fsp3) is 0.720. The Balaban J connectivity index is 0.000000567. The molecule has 0 aliphatic carbocycles. The maximum atomic E-state index is 10.4. The third-order valence-corrected chi connectivity index (χ3v) is 5.55. The number of carboxylic acids is 1. The van der Waals surface area contributed by atoms with Crippen LogP contribution in [-0.4, -0.2) is 41.7 Å². The lowest BCUT2D eigenvalue weighted by Gasteiger charge is -2.39. The highest BCUT2D eigenvalue weighted by atomic mass is 16.4. The van der Waals surface area contributed by atoms with Gasteiger partial charge in [0.1, 0.15) is 0 Å². The van der Waals surface area contributed by atoms with Gasteiger partial charge in [-0.25, -0.2) is 4.79 Å². The minimum atomic E-state index is -0.868. The van der Waals surface area contributed by atoms with Crippen molar-refractivity contribution in [2.45, 2.75) is 92.4 Å². The van der Waals surface area contributed by atoms with Gasteiger partial charge in [-0.15, -0.1) is 0 Å².